The number of hydrogen-bond acceptors (Lipinski definition) is 5. The van der Waals surface area contributed by atoms with Crippen LogP contribution in [0.25, 0.3) is 107 Å². The van der Waals surface area contributed by atoms with Crippen LogP contribution in [0.5, 0.6) is 0 Å². The Hall–Kier alpha value is -6.14. The van der Waals surface area contributed by atoms with Gasteiger partial charge in [0.05, 0.1) is 34.3 Å². The molecule has 7 aromatic carbocycles. The third-order valence-electron chi connectivity index (χ3n) is 8.08. The molecule has 0 saturated heterocycles. The molecule has 0 N–H and O–H groups in total. The third kappa shape index (κ3) is 4.49. The SMILES string of the molecule is [2H]c1nc(-c2c([2H])c([2H])c([2H])c(-c3c([2H])c([2H])c([2H])c4c3sc3c([2H])c([2H])c([2H])c([2H])c34)c2[2H])c2oc3c([2H])c([2H])c(-c4c([2H])c([2H])c([2H])c(-c5c([2H])c([2H])c([2H])c6c5sc5c([2H])c([2H])c([2H])c([2H])c56)c4[2H])c([2H])c3c2n1. The van der Waals surface area contributed by atoms with Crippen molar-refractivity contribution in [1.29, 1.82) is 0 Å². The summed E-state index contributed by atoms with van der Waals surface area (Å²) >= 11 is 1.37. The van der Waals surface area contributed by atoms with E-state index >= 15 is 0 Å². The van der Waals surface area contributed by atoms with Gasteiger partial charge in [-0.1, -0.05) is 115 Å². The number of thiophene rings is 2. The minimum atomic E-state index is -0.919. The lowest BCUT2D eigenvalue weighted by Crippen LogP contribution is -1.88. The van der Waals surface area contributed by atoms with Crippen molar-refractivity contribution >= 4 is 85.1 Å². The highest BCUT2D eigenvalue weighted by atomic mass is 32.1. The van der Waals surface area contributed by atoms with Crippen LogP contribution < -0.4 is 0 Å². The van der Waals surface area contributed by atoms with Gasteiger partial charge in [0.25, 0.3) is 0 Å². The van der Waals surface area contributed by atoms with E-state index in [1.165, 1.54) is 0 Å². The van der Waals surface area contributed by atoms with Crippen molar-refractivity contribution < 1.29 is 40.1 Å². The minimum absolute atomic E-state index is 0.0728. The number of rotatable bonds is 4. The summed E-state index contributed by atoms with van der Waals surface area (Å²) < 4.78 is 237. The molecule has 0 bridgehead atoms. The number of hydrogen-bond donors (Lipinski definition) is 0. The molecule has 0 radical (unpaired) electrons. The molecular formula is C46H26N2OS2. The zero-order valence-electron chi connectivity index (χ0n) is 51.1. The van der Waals surface area contributed by atoms with Crippen molar-refractivity contribution in [1.82, 2.24) is 9.97 Å². The molecule has 0 spiro atoms. The van der Waals surface area contributed by atoms with Gasteiger partial charge >= 0.3 is 0 Å². The van der Waals surface area contributed by atoms with Crippen molar-refractivity contribution in [2.75, 3.05) is 0 Å². The lowest BCUT2D eigenvalue weighted by atomic mass is 9.97. The van der Waals surface area contributed by atoms with Crippen LogP contribution in [0.2, 0.25) is 0 Å². The molecule has 4 aromatic heterocycles. The highest BCUT2D eigenvalue weighted by Crippen LogP contribution is 2.43. The maximum atomic E-state index is 9.62. The van der Waals surface area contributed by atoms with Crippen LogP contribution >= 0.6 is 22.7 Å². The first-order chi connectivity index (χ1) is 36.1. The van der Waals surface area contributed by atoms with E-state index in [1.807, 2.05) is 0 Å². The maximum absolute atomic E-state index is 9.62. The predicted molar refractivity (Wildman–Crippen MR) is 217 cm³/mol. The highest BCUT2D eigenvalue weighted by molar-refractivity contribution is 7.26. The minimum Gasteiger partial charge on any atom is -0.452 e. The summed E-state index contributed by atoms with van der Waals surface area (Å²) in [6, 6.07) is -18.4. The first kappa shape index (κ1) is 13.2. The molecule has 3 nitrogen and oxygen atoms in total. The quantitative estimate of drug-likeness (QED) is 0.182. The standard InChI is InChI=1S/C46H26N2OS2/c1-3-19-40-34(13-1)36-17-7-15-32(45(36)50-40)29-10-5-9-27(23-29)28-21-22-39-38(25-28)43-44(49-39)42(47-26-48-43)31-12-6-11-30(24-31)33-16-8-18-37-35-14-2-4-20-41(35)51-46(33)37/h1-26H/i1D,2D,3D,4D,5D,6D,7D,8D,9D,10D,11D,12D,13D,14D,15D,16D,17D,18D,19D,20D,21D,22D,23D,24D,25D,26D. The lowest BCUT2D eigenvalue weighted by molar-refractivity contribution is 0.667. The molecule has 0 unspecified atom stereocenters. The molecule has 0 saturated carbocycles. The smallest absolute Gasteiger partial charge is 0.180 e. The summed E-state index contributed by atoms with van der Waals surface area (Å²) in [5, 5.41) is -1.23. The van der Waals surface area contributed by atoms with Crippen LogP contribution in [-0.2, 0) is 0 Å². The van der Waals surface area contributed by atoms with Crippen molar-refractivity contribution in [2.45, 2.75) is 0 Å². The van der Waals surface area contributed by atoms with Crippen LogP contribution in [0.1, 0.15) is 35.6 Å². The molecule has 0 fully saturated rings. The molecule has 0 aliphatic heterocycles. The summed E-state index contributed by atoms with van der Waals surface area (Å²) in [5.74, 6) is 0. The van der Waals surface area contributed by atoms with E-state index in [-0.39, 0.29) is 40.3 Å². The van der Waals surface area contributed by atoms with Gasteiger partial charge in [0.15, 0.2) is 5.58 Å². The van der Waals surface area contributed by atoms with Crippen LogP contribution in [-0.4, -0.2) is 9.97 Å². The van der Waals surface area contributed by atoms with Crippen molar-refractivity contribution in [2.24, 2.45) is 0 Å². The molecule has 11 rings (SSSR count). The van der Waals surface area contributed by atoms with Gasteiger partial charge in [-0.25, -0.2) is 9.97 Å². The number of aromatic nitrogens is 2. The summed E-state index contributed by atoms with van der Waals surface area (Å²) in [6.45, 7) is 0. The molecule has 5 heteroatoms. The molecule has 0 atom stereocenters. The number of fused-ring (bicyclic) bond motifs is 9. The fourth-order valence-corrected chi connectivity index (χ4v) is 7.97. The third-order valence-corrected chi connectivity index (χ3v) is 10.3. The van der Waals surface area contributed by atoms with Gasteiger partial charge in [-0.15, -0.1) is 22.7 Å². The van der Waals surface area contributed by atoms with Crippen molar-refractivity contribution in [3.05, 3.63) is 157 Å². The fourth-order valence-electron chi connectivity index (χ4n) is 5.83. The number of furan rings is 1. The van der Waals surface area contributed by atoms with Crippen molar-refractivity contribution in [3.8, 4) is 44.6 Å². The molecule has 11 aromatic rings. The van der Waals surface area contributed by atoms with Gasteiger partial charge in [-0.3, -0.25) is 0 Å². The van der Waals surface area contributed by atoms with Crippen molar-refractivity contribution in [3.63, 3.8) is 0 Å². The van der Waals surface area contributed by atoms with Gasteiger partial charge in [0, 0.05) is 51.3 Å². The monoisotopic (exact) mass is 712 g/mol. The molecule has 51 heavy (non-hydrogen) atoms. The average Bonchev–Trinajstić information content (AvgIpc) is 4.35. The van der Waals surface area contributed by atoms with Crippen LogP contribution in [0.4, 0.5) is 0 Å². The molecule has 0 aliphatic rings. The zero-order chi connectivity index (χ0) is 56.1. The molecule has 0 aliphatic carbocycles. The zero-order valence-corrected chi connectivity index (χ0v) is 26.8. The van der Waals surface area contributed by atoms with E-state index in [0.29, 0.717) is 22.7 Å². The summed E-state index contributed by atoms with van der Waals surface area (Å²) in [4.78, 5) is 8.29. The molecular weight excluding hydrogens is 661 g/mol. The lowest BCUT2D eigenvalue weighted by Gasteiger charge is -2.08. The van der Waals surface area contributed by atoms with Gasteiger partial charge in [0.2, 0.25) is 0 Å². The fraction of sp³-hybridized carbons (Fsp3) is 0. The van der Waals surface area contributed by atoms with Crippen LogP contribution in [0.3, 0.4) is 0 Å². The normalized spacial score (nSPS) is 19.1. The topological polar surface area (TPSA) is 38.9 Å². The van der Waals surface area contributed by atoms with E-state index in [4.69, 9.17) is 33.2 Å². The van der Waals surface area contributed by atoms with E-state index in [0.717, 1.165) is 0 Å². The second-order valence-electron chi connectivity index (χ2n) is 10.9. The maximum Gasteiger partial charge on any atom is 0.180 e. The summed E-state index contributed by atoms with van der Waals surface area (Å²) in [5.41, 5.74) is -6.30. The Morgan fingerprint density at radius 2 is 1.00 bits per heavy atom. The largest absolute Gasteiger partial charge is 0.452 e. The molecule has 238 valence electrons. The van der Waals surface area contributed by atoms with Crippen LogP contribution in [0.15, 0.2) is 162 Å². The van der Waals surface area contributed by atoms with E-state index < -0.39 is 224 Å². The van der Waals surface area contributed by atoms with Crippen LogP contribution in [0, 0.1) is 0 Å². The molecule has 0 amide bonds. The van der Waals surface area contributed by atoms with Gasteiger partial charge in [0.1, 0.15) is 24.5 Å². The Bertz CT molecular complexity index is 4660. The van der Waals surface area contributed by atoms with Gasteiger partial charge < -0.3 is 4.42 Å². The van der Waals surface area contributed by atoms with E-state index in [2.05, 4.69) is 9.97 Å². The average molecular weight is 713 g/mol. The highest BCUT2D eigenvalue weighted by Gasteiger charge is 2.18. The predicted octanol–water partition coefficient (Wildman–Crippen LogP) is 13.8. The van der Waals surface area contributed by atoms with E-state index in [1.54, 1.807) is 0 Å². The Morgan fingerprint density at radius 3 is 1.69 bits per heavy atom. The Labute approximate surface area is 337 Å². The second-order valence-corrected chi connectivity index (χ2v) is 13.0. The summed E-state index contributed by atoms with van der Waals surface area (Å²) in [7, 11) is 0. The molecule has 4 heterocycles. The number of nitrogens with zero attached hydrogens (tertiary/aromatic N) is 2. The first-order valence-electron chi connectivity index (χ1n) is 27.9. The Morgan fingerprint density at radius 1 is 0.451 bits per heavy atom. The first-order valence-corrected chi connectivity index (χ1v) is 16.5. The van der Waals surface area contributed by atoms with E-state index in [9.17, 15) is 6.85 Å². The second kappa shape index (κ2) is 11.2. The summed E-state index contributed by atoms with van der Waals surface area (Å²) in [6.07, 6.45) is -0.874. The van der Waals surface area contributed by atoms with Gasteiger partial charge in [-0.05, 0) is 69.6 Å². The number of benzene rings is 7. The van der Waals surface area contributed by atoms with Gasteiger partial charge in [-0.2, -0.15) is 0 Å². The Kier molecular flexibility index (Phi) is 2.90. The Balaban J connectivity index is 1.20.